The molecule has 0 saturated carbocycles. The third-order valence-corrected chi connectivity index (χ3v) is 7.18. The second kappa shape index (κ2) is 5.86. The van der Waals surface area contributed by atoms with Gasteiger partial charge in [-0.25, -0.2) is 12.8 Å². The molecular weight excluding hydrogens is 412 g/mol. The highest BCUT2D eigenvalue weighted by molar-refractivity contribution is 7.89. The fourth-order valence-corrected chi connectivity index (χ4v) is 5.82. The summed E-state index contributed by atoms with van der Waals surface area (Å²) in [4.78, 5) is 2.87. The van der Waals surface area contributed by atoms with Crippen LogP contribution >= 0.6 is 0 Å². The van der Waals surface area contributed by atoms with E-state index in [1.807, 2.05) is 0 Å². The van der Waals surface area contributed by atoms with Crippen LogP contribution in [0.3, 0.4) is 0 Å². The van der Waals surface area contributed by atoms with Crippen molar-refractivity contribution < 1.29 is 26.0 Å². The smallest absolute Gasteiger partial charge is 0.282 e. The van der Waals surface area contributed by atoms with Gasteiger partial charge in [0.2, 0.25) is 10.0 Å². The maximum atomic E-state index is 14.6. The van der Waals surface area contributed by atoms with E-state index < -0.39 is 39.8 Å². The van der Waals surface area contributed by atoms with Crippen LogP contribution in [0.5, 0.6) is 0 Å². The topological polar surface area (TPSA) is 79.0 Å². The Labute approximate surface area is 162 Å². The summed E-state index contributed by atoms with van der Waals surface area (Å²) in [5.41, 5.74) is 0.871. The number of H-pyrrole nitrogens is 1. The maximum Gasteiger partial charge on any atom is 0.433 e. The number of aromatic nitrogens is 3. The molecule has 4 heterocycles. The number of fused-ring (bicyclic) bond motifs is 7. The molecule has 2 aliphatic rings. The van der Waals surface area contributed by atoms with Crippen molar-refractivity contribution >= 4 is 10.0 Å². The molecule has 2 aromatic heterocycles. The van der Waals surface area contributed by atoms with Crippen molar-refractivity contribution in [1.29, 1.82) is 0 Å². The van der Waals surface area contributed by atoms with Gasteiger partial charge in [0, 0.05) is 29.4 Å². The van der Waals surface area contributed by atoms with Gasteiger partial charge >= 0.3 is 6.18 Å². The highest BCUT2D eigenvalue weighted by Crippen LogP contribution is 2.54. The SMILES string of the molecule is O=S(=O)(c1ccc(C(F)(F)F)nc1)N1C2Cc3[nH]ncc3C1c1cccc(F)c12. The first-order valence-corrected chi connectivity index (χ1v) is 10.0. The van der Waals surface area contributed by atoms with Gasteiger partial charge in [0.15, 0.2) is 0 Å². The Morgan fingerprint density at radius 1 is 1.10 bits per heavy atom. The van der Waals surface area contributed by atoms with Gasteiger partial charge in [-0.3, -0.25) is 10.1 Å². The summed E-state index contributed by atoms with van der Waals surface area (Å²) >= 11 is 0. The van der Waals surface area contributed by atoms with Crippen LogP contribution in [0.15, 0.2) is 47.6 Å². The Hall–Kier alpha value is -2.79. The van der Waals surface area contributed by atoms with Crippen molar-refractivity contribution in [3.63, 3.8) is 0 Å². The molecule has 0 amide bonds. The summed E-state index contributed by atoms with van der Waals surface area (Å²) in [7, 11) is -4.27. The van der Waals surface area contributed by atoms with E-state index in [4.69, 9.17) is 0 Å². The van der Waals surface area contributed by atoms with Crippen LogP contribution < -0.4 is 0 Å². The minimum absolute atomic E-state index is 0.174. The highest BCUT2D eigenvalue weighted by atomic mass is 32.2. The van der Waals surface area contributed by atoms with Crippen LogP contribution in [0.25, 0.3) is 0 Å². The Morgan fingerprint density at radius 3 is 2.59 bits per heavy atom. The Balaban J connectivity index is 1.66. The highest BCUT2D eigenvalue weighted by Gasteiger charge is 2.52. The number of benzene rings is 1. The van der Waals surface area contributed by atoms with E-state index in [1.54, 1.807) is 6.07 Å². The molecule has 5 rings (SSSR count). The second-order valence-electron chi connectivity index (χ2n) is 6.88. The van der Waals surface area contributed by atoms with Crippen molar-refractivity contribution in [1.82, 2.24) is 19.5 Å². The van der Waals surface area contributed by atoms with E-state index in [0.717, 1.165) is 10.4 Å². The molecule has 0 fully saturated rings. The number of alkyl halides is 3. The lowest BCUT2D eigenvalue weighted by molar-refractivity contribution is -0.141. The van der Waals surface area contributed by atoms with Crippen LogP contribution in [-0.4, -0.2) is 27.9 Å². The van der Waals surface area contributed by atoms with Crippen LogP contribution in [-0.2, 0) is 22.6 Å². The second-order valence-corrected chi connectivity index (χ2v) is 8.72. The Morgan fingerprint density at radius 2 is 1.90 bits per heavy atom. The van der Waals surface area contributed by atoms with Gasteiger partial charge in [-0.05, 0) is 23.8 Å². The molecule has 0 aliphatic carbocycles. The molecule has 3 aromatic rings. The van der Waals surface area contributed by atoms with Gasteiger partial charge in [-0.1, -0.05) is 12.1 Å². The Bertz CT molecular complexity index is 1220. The lowest BCUT2D eigenvalue weighted by Crippen LogP contribution is -2.37. The lowest BCUT2D eigenvalue weighted by Gasteiger charge is -2.33. The molecule has 6 nitrogen and oxygen atoms in total. The number of sulfonamides is 1. The number of hydrogen-bond acceptors (Lipinski definition) is 4. The molecular formula is C18H12F4N4O2S. The number of rotatable bonds is 2. The number of halogens is 4. The number of nitrogens with one attached hydrogen (secondary N) is 1. The summed E-state index contributed by atoms with van der Waals surface area (Å²) in [6, 6.07) is 4.25. The predicted octanol–water partition coefficient (Wildman–Crippen LogP) is 3.35. The largest absolute Gasteiger partial charge is 0.433 e. The summed E-state index contributed by atoms with van der Waals surface area (Å²) in [6.07, 6.45) is -2.34. The van der Waals surface area contributed by atoms with Gasteiger partial charge in [-0.15, -0.1) is 0 Å². The van der Waals surface area contributed by atoms with E-state index in [2.05, 4.69) is 15.2 Å². The van der Waals surface area contributed by atoms with E-state index in [0.29, 0.717) is 29.1 Å². The fourth-order valence-electron chi connectivity index (χ4n) is 4.13. The standard InChI is InChI=1S/C18H12F4N4O2S/c19-12-3-1-2-10-16(12)14-6-13-11(8-24-25-13)17(10)26(14)29(27,28)9-4-5-15(23-7-9)18(20,21)22/h1-5,7-8,14,17H,6H2,(H,24,25). The zero-order valence-corrected chi connectivity index (χ0v) is 15.3. The molecule has 29 heavy (non-hydrogen) atoms. The third-order valence-electron chi connectivity index (χ3n) is 5.32. The third kappa shape index (κ3) is 2.53. The first-order chi connectivity index (χ1) is 13.7. The molecule has 1 aromatic carbocycles. The number of pyridine rings is 1. The lowest BCUT2D eigenvalue weighted by atomic mass is 10.0. The summed E-state index contributed by atoms with van der Waals surface area (Å²) in [5, 5.41) is 6.79. The van der Waals surface area contributed by atoms with Crippen LogP contribution in [0.1, 0.15) is 40.2 Å². The first kappa shape index (κ1) is 18.3. The molecule has 11 heteroatoms. The van der Waals surface area contributed by atoms with Crippen molar-refractivity contribution in [2.75, 3.05) is 0 Å². The van der Waals surface area contributed by atoms with Gasteiger partial charge in [0.05, 0.1) is 18.3 Å². The number of hydrogen-bond donors (Lipinski definition) is 1. The average Bonchev–Trinajstić information content (AvgIpc) is 3.23. The van der Waals surface area contributed by atoms with E-state index in [9.17, 15) is 26.0 Å². The van der Waals surface area contributed by atoms with Crippen LogP contribution in [0.4, 0.5) is 17.6 Å². The number of aromatic amines is 1. The number of nitrogens with zero attached hydrogens (tertiary/aromatic N) is 3. The first-order valence-electron chi connectivity index (χ1n) is 8.57. The van der Waals surface area contributed by atoms with Gasteiger partial charge in [-0.2, -0.15) is 22.6 Å². The van der Waals surface area contributed by atoms with Crippen LogP contribution in [0.2, 0.25) is 0 Å². The zero-order valence-electron chi connectivity index (χ0n) is 14.5. The fraction of sp³-hybridized carbons (Fsp3) is 0.222. The van der Waals surface area contributed by atoms with Crippen molar-refractivity contribution in [3.8, 4) is 0 Å². The molecule has 2 atom stereocenters. The predicted molar refractivity (Wildman–Crippen MR) is 91.5 cm³/mol. The van der Waals surface area contributed by atoms with Crippen molar-refractivity contribution in [2.24, 2.45) is 0 Å². The van der Waals surface area contributed by atoms with Crippen LogP contribution in [0, 0.1) is 5.82 Å². The minimum Gasteiger partial charge on any atom is -0.282 e. The van der Waals surface area contributed by atoms with E-state index >= 15 is 0 Å². The average molecular weight is 424 g/mol. The zero-order chi connectivity index (χ0) is 20.6. The normalized spacial score (nSPS) is 21.1. The molecule has 2 bridgehead atoms. The molecule has 2 unspecified atom stereocenters. The monoisotopic (exact) mass is 424 g/mol. The molecule has 0 saturated heterocycles. The molecule has 1 N–H and O–H groups in total. The van der Waals surface area contributed by atoms with E-state index in [1.165, 1.54) is 18.3 Å². The van der Waals surface area contributed by atoms with E-state index in [-0.39, 0.29) is 16.9 Å². The quantitative estimate of drug-likeness (QED) is 0.640. The van der Waals surface area contributed by atoms with Gasteiger partial charge < -0.3 is 0 Å². The van der Waals surface area contributed by atoms with Gasteiger partial charge in [0.1, 0.15) is 16.4 Å². The summed E-state index contributed by atoms with van der Waals surface area (Å²) < 4.78 is 80.9. The molecule has 0 spiro atoms. The Kier molecular flexibility index (Phi) is 3.69. The summed E-state index contributed by atoms with van der Waals surface area (Å²) in [6.45, 7) is 0. The van der Waals surface area contributed by atoms with Crippen molar-refractivity contribution in [2.45, 2.75) is 29.6 Å². The molecule has 0 radical (unpaired) electrons. The molecule has 2 aliphatic heterocycles. The summed E-state index contributed by atoms with van der Waals surface area (Å²) in [5.74, 6) is -0.529. The molecule has 150 valence electrons. The maximum absolute atomic E-state index is 14.6. The van der Waals surface area contributed by atoms with Gasteiger partial charge in [0.25, 0.3) is 0 Å². The minimum atomic E-state index is -4.68. The van der Waals surface area contributed by atoms with Crippen molar-refractivity contribution in [3.05, 3.63) is 76.6 Å².